The number of carbonyl (C=O) groups excluding carboxylic acids is 3. The Morgan fingerprint density at radius 2 is 1.54 bits per heavy atom. The van der Waals surface area contributed by atoms with Gasteiger partial charge in [-0.2, -0.15) is 5.26 Å². The van der Waals surface area contributed by atoms with Crippen LogP contribution in [0.2, 0.25) is 0 Å². The lowest BCUT2D eigenvalue weighted by Crippen LogP contribution is -2.60. The molecule has 0 aromatic carbocycles. The highest BCUT2D eigenvalue weighted by atomic mass is 16.1. The Bertz CT molecular complexity index is 1060. The van der Waals surface area contributed by atoms with Gasteiger partial charge in [0.05, 0.1) is 5.57 Å². The Morgan fingerprint density at radius 3 is 2.17 bits per heavy atom. The van der Waals surface area contributed by atoms with Crippen LogP contribution in [0.4, 0.5) is 0 Å². The molecule has 0 bridgehead atoms. The van der Waals surface area contributed by atoms with Gasteiger partial charge < -0.3 is 4.79 Å². The molecule has 0 aliphatic heterocycles. The van der Waals surface area contributed by atoms with E-state index in [0.29, 0.717) is 0 Å². The van der Waals surface area contributed by atoms with E-state index in [0.717, 1.165) is 63.2 Å². The summed E-state index contributed by atoms with van der Waals surface area (Å²) >= 11 is 0. The highest BCUT2D eigenvalue weighted by Crippen LogP contribution is 2.70. The van der Waals surface area contributed by atoms with Crippen LogP contribution in [0, 0.1) is 56.2 Å². The van der Waals surface area contributed by atoms with Crippen LogP contribution < -0.4 is 0 Å². The van der Waals surface area contributed by atoms with E-state index in [1.54, 1.807) is 0 Å². The first-order valence-corrected chi connectivity index (χ1v) is 13.6. The van der Waals surface area contributed by atoms with Gasteiger partial charge in [-0.05, 0) is 79.6 Å². The van der Waals surface area contributed by atoms with E-state index >= 15 is 0 Å². The minimum absolute atomic E-state index is 0.0288. The summed E-state index contributed by atoms with van der Waals surface area (Å²) in [5.74, 6) is 0.128. The highest BCUT2D eigenvalue weighted by Gasteiger charge is 2.65. The average molecular weight is 478 g/mol. The SMILES string of the molecule is CC1(C)CCC2C(=O)C=C3[C@@]4(C)C=C(C#N)C(=O)C(C)(C)[C@@H]4CC[C@@]3(C)[C@]2(C)CC[C@@H](C=O)CC1. The third-order valence-corrected chi connectivity index (χ3v) is 11.3. The molecule has 2 fully saturated rings. The zero-order valence-corrected chi connectivity index (χ0v) is 22.8. The molecule has 6 atom stereocenters. The molecule has 4 rings (SSSR count). The van der Waals surface area contributed by atoms with Crippen LogP contribution in [-0.2, 0) is 14.4 Å². The van der Waals surface area contributed by atoms with E-state index in [9.17, 15) is 19.6 Å². The Hall–Kier alpha value is -2.02. The maximum Gasteiger partial charge on any atom is 0.178 e. The lowest BCUT2D eigenvalue weighted by Gasteiger charge is -2.64. The van der Waals surface area contributed by atoms with E-state index in [1.165, 1.54) is 0 Å². The molecule has 0 aromatic heterocycles. The fourth-order valence-corrected chi connectivity index (χ4v) is 8.65. The molecule has 0 heterocycles. The van der Waals surface area contributed by atoms with Crippen LogP contribution in [0.25, 0.3) is 0 Å². The van der Waals surface area contributed by atoms with Crippen molar-refractivity contribution >= 4 is 17.9 Å². The lowest BCUT2D eigenvalue weighted by atomic mass is 9.38. The number of hydrogen-bond acceptors (Lipinski definition) is 4. The van der Waals surface area contributed by atoms with Crippen LogP contribution >= 0.6 is 0 Å². The van der Waals surface area contributed by atoms with Crippen LogP contribution in [0.5, 0.6) is 0 Å². The summed E-state index contributed by atoms with van der Waals surface area (Å²) in [6.07, 6.45) is 12.2. The molecular formula is C31H43NO3. The molecule has 0 saturated heterocycles. The summed E-state index contributed by atoms with van der Waals surface area (Å²) in [5.41, 5.74) is -0.237. The van der Waals surface area contributed by atoms with E-state index in [1.807, 2.05) is 26.0 Å². The van der Waals surface area contributed by atoms with Gasteiger partial charge in [0.25, 0.3) is 0 Å². The highest BCUT2D eigenvalue weighted by molar-refractivity contribution is 6.04. The summed E-state index contributed by atoms with van der Waals surface area (Å²) < 4.78 is 0. The second kappa shape index (κ2) is 8.25. The largest absolute Gasteiger partial charge is 0.303 e. The second-order valence-corrected chi connectivity index (χ2v) is 14.0. The van der Waals surface area contributed by atoms with E-state index in [4.69, 9.17) is 0 Å². The van der Waals surface area contributed by atoms with Gasteiger partial charge in [0.1, 0.15) is 12.4 Å². The molecule has 1 unspecified atom stereocenters. The van der Waals surface area contributed by atoms with E-state index in [-0.39, 0.29) is 51.1 Å². The van der Waals surface area contributed by atoms with Crippen molar-refractivity contribution in [1.29, 1.82) is 5.26 Å². The van der Waals surface area contributed by atoms with Crippen LogP contribution in [0.3, 0.4) is 0 Å². The number of hydrogen-bond donors (Lipinski definition) is 0. The summed E-state index contributed by atoms with van der Waals surface area (Å²) in [6, 6.07) is 2.17. The monoisotopic (exact) mass is 477 g/mol. The predicted octanol–water partition coefficient (Wildman–Crippen LogP) is 6.79. The lowest BCUT2D eigenvalue weighted by molar-refractivity contribution is -0.139. The first kappa shape index (κ1) is 26.1. The summed E-state index contributed by atoms with van der Waals surface area (Å²) in [6.45, 7) is 15.3. The van der Waals surface area contributed by atoms with Gasteiger partial charge >= 0.3 is 0 Å². The summed E-state index contributed by atoms with van der Waals surface area (Å²) in [5, 5.41) is 9.82. The standard InChI is InChI=1S/C31H43NO3/c1-27(2)12-8-20(19-33)9-14-30(6)22(10-13-27)23(34)16-25-29(5)17-21(18-32)26(35)28(3,4)24(29)11-15-31(25,30)7/h16-17,19-20,22,24H,8-15H2,1-7H3/t20-,22?,24-,29-,30+,31+/m0/s1. The number of aldehydes is 1. The van der Waals surface area contributed by atoms with Crippen LogP contribution in [0.15, 0.2) is 23.3 Å². The molecule has 4 heteroatoms. The van der Waals surface area contributed by atoms with Gasteiger partial charge in [-0.3, -0.25) is 9.59 Å². The van der Waals surface area contributed by atoms with Crippen molar-refractivity contribution in [3.63, 3.8) is 0 Å². The first-order valence-electron chi connectivity index (χ1n) is 13.6. The summed E-state index contributed by atoms with van der Waals surface area (Å²) in [4.78, 5) is 39.1. The van der Waals surface area contributed by atoms with Gasteiger partial charge in [0.15, 0.2) is 11.6 Å². The van der Waals surface area contributed by atoms with E-state index < -0.39 is 10.8 Å². The molecule has 4 aliphatic carbocycles. The Kier molecular flexibility index (Phi) is 6.14. The molecule has 4 aliphatic rings. The number of fused-ring (bicyclic) bond motifs is 5. The van der Waals surface area contributed by atoms with Crippen molar-refractivity contribution in [2.45, 2.75) is 99.8 Å². The van der Waals surface area contributed by atoms with Gasteiger partial charge in [-0.25, -0.2) is 0 Å². The summed E-state index contributed by atoms with van der Waals surface area (Å²) in [7, 11) is 0. The zero-order chi connectivity index (χ0) is 26.0. The number of Topliss-reactive ketones (excluding diaryl/α,β-unsaturated/α-hetero) is 1. The maximum absolute atomic E-state index is 14.0. The minimum Gasteiger partial charge on any atom is -0.303 e. The molecule has 0 N–H and O–H groups in total. The Labute approximate surface area is 211 Å². The first-order chi connectivity index (χ1) is 16.2. The maximum atomic E-state index is 14.0. The van der Waals surface area contributed by atoms with Gasteiger partial charge in [-0.1, -0.05) is 60.1 Å². The smallest absolute Gasteiger partial charge is 0.178 e. The number of nitriles is 1. The number of carbonyl (C=O) groups is 3. The van der Waals surface area contributed by atoms with Crippen molar-refractivity contribution in [2.24, 2.45) is 44.8 Å². The molecule has 4 nitrogen and oxygen atoms in total. The Balaban J connectivity index is 1.89. The van der Waals surface area contributed by atoms with Crippen molar-refractivity contribution < 1.29 is 14.4 Å². The molecule has 190 valence electrons. The molecule has 0 amide bonds. The molecule has 0 spiro atoms. The number of rotatable bonds is 1. The molecular weight excluding hydrogens is 434 g/mol. The van der Waals surface area contributed by atoms with Crippen molar-refractivity contribution in [3.05, 3.63) is 23.3 Å². The van der Waals surface area contributed by atoms with Crippen LogP contribution in [0.1, 0.15) is 99.8 Å². The average Bonchev–Trinajstić information content (AvgIpc) is 2.78. The molecule has 35 heavy (non-hydrogen) atoms. The third kappa shape index (κ3) is 3.71. The van der Waals surface area contributed by atoms with Crippen LogP contribution in [-0.4, -0.2) is 17.9 Å². The molecule has 0 aromatic rings. The topological polar surface area (TPSA) is 75.0 Å². The predicted molar refractivity (Wildman–Crippen MR) is 137 cm³/mol. The van der Waals surface area contributed by atoms with Crippen molar-refractivity contribution in [3.8, 4) is 6.07 Å². The third-order valence-electron chi connectivity index (χ3n) is 11.3. The quantitative estimate of drug-likeness (QED) is 0.389. The van der Waals surface area contributed by atoms with Crippen molar-refractivity contribution in [2.75, 3.05) is 0 Å². The van der Waals surface area contributed by atoms with Gasteiger partial charge in [-0.15, -0.1) is 0 Å². The number of ketones is 2. The number of allylic oxidation sites excluding steroid dienone is 4. The number of nitrogens with zero attached hydrogens (tertiary/aromatic N) is 1. The minimum atomic E-state index is -0.652. The van der Waals surface area contributed by atoms with Gasteiger partial charge in [0.2, 0.25) is 0 Å². The van der Waals surface area contributed by atoms with Gasteiger partial charge in [0, 0.05) is 22.7 Å². The Morgan fingerprint density at radius 1 is 0.914 bits per heavy atom. The fraction of sp³-hybridized carbons (Fsp3) is 0.742. The second-order valence-electron chi connectivity index (χ2n) is 14.0. The zero-order valence-electron chi connectivity index (χ0n) is 22.8. The van der Waals surface area contributed by atoms with Crippen molar-refractivity contribution in [1.82, 2.24) is 0 Å². The van der Waals surface area contributed by atoms with E-state index in [2.05, 4.69) is 40.7 Å². The molecule has 0 radical (unpaired) electrons. The fourth-order valence-electron chi connectivity index (χ4n) is 8.65. The molecule has 2 saturated carbocycles. The normalized spacial score (nSPS) is 42.9.